The monoisotopic (exact) mass is 455 g/mol. The molecule has 1 unspecified atom stereocenters. The Morgan fingerprint density at radius 2 is 1.62 bits per heavy atom. The Kier molecular flexibility index (Phi) is 4.81. The summed E-state index contributed by atoms with van der Waals surface area (Å²) in [4.78, 5) is 15.3. The fourth-order valence-corrected chi connectivity index (χ4v) is 5.19. The SMILES string of the molecule is CN1c2ccc(C(=O)c3ccc(F)cc3)cc2C(C)(C)C12C=Cc1cc(C(C)(C)C)ccc1O2. The molecule has 3 nitrogen and oxygen atoms in total. The Labute approximate surface area is 200 Å². The second-order valence-electron chi connectivity index (χ2n) is 10.9. The Morgan fingerprint density at radius 1 is 0.941 bits per heavy atom. The summed E-state index contributed by atoms with van der Waals surface area (Å²) in [6, 6.07) is 17.9. The third-order valence-corrected chi connectivity index (χ3v) is 7.42. The molecule has 2 aliphatic rings. The fourth-order valence-electron chi connectivity index (χ4n) is 5.19. The van der Waals surface area contributed by atoms with Gasteiger partial charge in [0.15, 0.2) is 5.78 Å². The number of hydrogen-bond acceptors (Lipinski definition) is 3. The van der Waals surface area contributed by atoms with Gasteiger partial charge >= 0.3 is 0 Å². The first-order valence-corrected chi connectivity index (χ1v) is 11.7. The fraction of sp³-hybridized carbons (Fsp3) is 0.300. The number of carbonyl (C=O) groups is 1. The van der Waals surface area contributed by atoms with E-state index in [1.807, 2.05) is 25.2 Å². The molecule has 5 rings (SSSR count). The number of rotatable bonds is 2. The highest BCUT2D eigenvalue weighted by atomic mass is 19.1. The van der Waals surface area contributed by atoms with Gasteiger partial charge in [0.05, 0.1) is 5.41 Å². The Hall–Kier alpha value is -3.40. The van der Waals surface area contributed by atoms with E-state index in [-0.39, 0.29) is 17.0 Å². The number of ether oxygens (including phenoxy) is 1. The second-order valence-corrected chi connectivity index (χ2v) is 10.9. The molecule has 2 aliphatic heterocycles. The lowest BCUT2D eigenvalue weighted by Gasteiger charge is -2.46. The number of halogens is 1. The first-order valence-electron chi connectivity index (χ1n) is 11.7. The van der Waals surface area contributed by atoms with Crippen molar-refractivity contribution in [2.75, 3.05) is 11.9 Å². The highest BCUT2D eigenvalue weighted by Gasteiger charge is 2.57. The Bertz CT molecular complexity index is 1330. The minimum absolute atomic E-state index is 0.0606. The number of hydrogen-bond donors (Lipinski definition) is 0. The lowest BCUT2D eigenvalue weighted by molar-refractivity contribution is 0.0581. The molecular formula is C30H30FNO2. The molecule has 0 radical (unpaired) electrons. The van der Waals surface area contributed by atoms with Crippen molar-refractivity contribution in [3.8, 4) is 5.75 Å². The lowest BCUT2D eigenvalue weighted by atomic mass is 9.75. The molecule has 1 atom stereocenters. The number of nitrogens with zero attached hydrogens (tertiary/aromatic N) is 1. The maximum atomic E-state index is 13.3. The van der Waals surface area contributed by atoms with E-state index in [9.17, 15) is 9.18 Å². The smallest absolute Gasteiger partial charge is 0.211 e. The highest BCUT2D eigenvalue weighted by molar-refractivity contribution is 6.09. The molecule has 0 amide bonds. The van der Waals surface area contributed by atoms with Gasteiger partial charge in [-0.15, -0.1) is 0 Å². The quantitative estimate of drug-likeness (QED) is 0.394. The molecule has 0 aromatic heterocycles. The molecule has 0 fully saturated rings. The molecule has 2 heterocycles. The molecule has 3 aromatic carbocycles. The van der Waals surface area contributed by atoms with E-state index in [1.165, 1.54) is 29.8 Å². The average molecular weight is 456 g/mol. The molecule has 0 N–H and O–H groups in total. The van der Waals surface area contributed by atoms with Crippen molar-refractivity contribution in [2.45, 2.75) is 51.2 Å². The molecule has 1 spiro atoms. The third-order valence-electron chi connectivity index (χ3n) is 7.42. The lowest BCUT2D eigenvalue weighted by Crippen LogP contribution is -2.58. The minimum atomic E-state index is -0.719. The predicted octanol–water partition coefficient (Wildman–Crippen LogP) is 6.88. The predicted molar refractivity (Wildman–Crippen MR) is 135 cm³/mol. The molecule has 0 bridgehead atoms. The molecule has 0 saturated heterocycles. The van der Waals surface area contributed by atoms with Gasteiger partial charge in [-0.25, -0.2) is 4.39 Å². The second kappa shape index (κ2) is 7.30. The van der Waals surface area contributed by atoms with E-state index in [0.29, 0.717) is 11.1 Å². The molecule has 34 heavy (non-hydrogen) atoms. The van der Waals surface area contributed by atoms with E-state index in [1.54, 1.807) is 0 Å². The molecule has 0 saturated carbocycles. The van der Waals surface area contributed by atoms with Gasteiger partial charge in [0.25, 0.3) is 0 Å². The van der Waals surface area contributed by atoms with Crippen LogP contribution >= 0.6 is 0 Å². The van der Waals surface area contributed by atoms with Crippen LogP contribution in [0.4, 0.5) is 10.1 Å². The molecule has 174 valence electrons. The minimum Gasteiger partial charge on any atom is -0.463 e. The number of benzene rings is 3. The van der Waals surface area contributed by atoms with Gasteiger partial charge in [-0.05, 0) is 97.1 Å². The van der Waals surface area contributed by atoms with Crippen LogP contribution in [0.3, 0.4) is 0 Å². The summed E-state index contributed by atoms with van der Waals surface area (Å²) in [5.74, 6) is 0.375. The molecule has 0 aliphatic carbocycles. The maximum Gasteiger partial charge on any atom is 0.211 e. The van der Waals surface area contributed by atoms with Crippen LogP contribution in [0.5, 0.6) is 5.75 Å². The van der Waals surface area contributed by atoms with Crippen LogP contribution in [0, 0.1) is 5.82 Å². The van der Waals surface area contributed by atoms with Crippen molar-refractivity contribution < 1.29 is 13.9 Å². The largest absolute Gasteiger partial charge is 0.463 e. The third kappa shape index (κ3) is 3.19. The van der Waals surface area contributed by atoms with Crippen LogP contribution < -0.4 is 9.64 Å². The average Bonchev–Trinajstić information content (AvgIpc) is 2.96. The number of carbonyl (C=O) groups excluding carboxylic acids is 1. The summed E-state index contributed by atoms with van der Waals surface area (Å²) in [5, 5.41) is 0. The van der Waals surface area contributed by atoms with E-state index in [0.717, 1.165) is 22.6 Å². The number of anilines is 1. The van der Waals surface area contributed by atoms with Gasteiger partial charge in [-0.1, -0.05) is 26.8 Å². The summed E-state index contributed by atoms with van der Waals surface area (Å²) in [5.41, 5.74) is 4.37. The van der Waals surface area contributed by atoms with Gasteiger partial charge < -0.3 is 9.64 Å². The first-order chi connectivity index (χ1) is 15.9. The summed E-state index contributed by atoms with van der Waals surface area (Å²) in [7, 11) is 2.04. The number of likely N-dealkylation sites (N-methyl/N-ethyl adjacent to an activating group) is 1. The van der Waals surface area contributed by atoms with Crippen LogP contribution in [0.2, 0.25) is 0 Å². The van der Waals surface area contributed by atoms with Crippen LogP contribution in [0.1, 0.15) is 67.2 Å². The zero-order valence-corrected chi connectivity index (χ0v) is 20.6. The molecule has 4 heteroatoms. The van der Waals surface area contributed by atoms with Gasteiger partial charge in [0, 0.05) is 29.4 Å². The summed E-state index contributed by atoms with van der Waals surface area (Å²) in [6.45, 7) is 10.9. The molecule has 3 aromatic rings. The van der Waals surface area contributed by atoms with E-state index in [4.69, 9.17) is 4.74 Å². The van der Waals surface area contributed by atoms with E-state index >= 15 is 0 Å². The first kappa shape index (κ1) is 22.4. The number of fused-ring (bicyclic) bond motifs is 2. The van der Waals surface area contributed by atoms with Crippen LogP contribution in [0.15, 0.2) is 66.7 Å². The van der Waals surface area contributed by atoms with Crippen molar-refractivity contribution in [3.63, 3.8) is 0 Å². The van der Waals surface area contributed by atoms with E-state index in [2.05, 4.69) is 69.9 Å². The van der Waals surface area contributed by atoms with Crippen molar-refractivity contribution in [3.05, 3.63) is 100 Å². The normalized spacial score (nSPS) is 20.1. The summed E-state index contributed by atoms with van der Waals surface area (Å²) >= 11 is 0. The maximum absolute atomic E-state index is 13.3. The topological polar surface area (TPSA) is 29.5 Å². The standard InChI is InChI=1S/C30H30FNO2/c1-28(2,3)22-10-14-26-20(17-22)15-16-30(34-26)29(4,5)24-18-21(9-13-25(24)32(30)6)27(33)19-7-11-23(31)12-8-19/h7-18H,1-6H3. The van der Waals surface area contributed by atoms with Gasteiger partial charge in [-0.2, -0.15) is 0 Å². The van der Waals surface area contributed by atoms with Crippen molar-refractivity contribution in [1.82, 2.24) is 0 Å². The van der Waals surface area contributed by atoms with Gasteiger partial charge in [0.2, 0.25) is 5.72 Å². The molecular weight excluding hydrogens is 425 g/mol. The highest BCUT2D eigenvalue weighted by Crippen LogP contribution is 2.54. The van der Waals surface area contributed by atoms with Crippen molar-refractivity contribution in [1.29, 1.82) is 0 Å². The van der Waals surface area contributed by atoms with Crippen molar-refractivity contribution >= 4 is 17.5 Å². The summed E-state index contributed by atoms with van der Waals surface area (Å²) in [6.07, 6.45) is 4.30. The van der Waals surface area contributed by atoms with Crippen molar-refractivity contribution in [2.24, 2.45) is 0 Å². The Morgan fingerprint density at radius 3 is 2.29 bits per heavy atom. The zero-order chi connectivity index (χ0) is 24.5. The van der Waals surface area contributed by atoms with Gasteiger partial charge in [-0.3, -0.25) is 4.79 Å². The van der Waals surface area contributed by atoms with Gasteiger partial charge in [0.1, 0.15) is 11.6 Å². The van der Waals surface area contributed by atoms with Crippen LogP contribution in [0.25, 0.3) is 6.08 Å². The van der Waals surface area contributed by atoms with Crippen LogP contribution in [-0.4, -0.2) is 18.6 Å². The van der Waals surface area contributed by atoms with E-state index < -0.39 is 11.1 Å². The van der Waals surface area contributed by atoms with Crippen LogP contribution in [-0.2, 0) is 10.8 Å². The number of ketones is 1. The zero-order valence-electron chi connectivity index (χ0n) is 20.6. The Balaban J connectivity index is 1.54. The summed E-state index contributed by atoms with van der Waals surface area (Å²) < 4.78 is 20.1.